The van der Waals surface area contributed by atoms with Crippen LogP contribution < -0.4 is 0 Å². The van der Waals surface area contributed by atoms with E-state index in [0.717, 1.165) is 106 Å². The van der Waals surface area contributed by atoms with Gasteiger partial charge in [0.25, 0.3) is 0 Å². The lowest BCUT2D eigenvalue weighted by Gasteiger charge is -2.48. The Hall–Kier alpha value is -8.73. The van der Waals surface area contributed by atoms with E-state index in [2.05, 4.69) is 244 Å². The fourth-order valence-corrected chi connectivity index (χ4v) is 11.8. The second-order valence-corrected chi connectivity index (χ2v) is 18.9. The first-order valence-corrected chi connectivity index (χ1v) is 24.2. The lowest BCUT2D eigenvalue weighted by molar-refractivity contribution is 0.317. The van der Waals surface area contributed by atoms with Crippen LogP contribution in [-0.4, -0.2) is 5.71 Å². The zero-order valence-corrected chi connectivity index (χ0v) is 39.0. The second-order valence-electron chi connectivity index (χ2n) is 18.9. The molecule has 70 heavy (non-hydrogen) atoms. The highest BCUT2D eigenvalue weighted by molar-refractivity contribution is 6.23. The van der Waals surface area contributed by atoms with Crippen molar-refractivity contribution in [3.63, 3.8) is 0 Å². The fraction of sp³-hybridized carbons (Fsp3) is 0.0758. The first kappa shape index (κ1) is 41.5. The molecule has 1 aliphatic heterocycles. The predicted molar refractivity (Wildman–Crippen MR) is 288 cm³/mol. The number of hydrogen-bond donors (Lipinski definition) is 0. The van der Waals surface area contributed by atoms with Gasteiger partial charge < -0.3 is 4.42 Å². The van der Waals surface area contributed by atoms with Crippen molar-refractivity contribution in [2.75, 3.05) is 0 Å². The van der Waals surface area contributed by atoms with Crippen LogP contribution in [0.5, 0.6) is 0 Å². The lowest BCUT2D eigenvalue weighted by Crippen LogP contribution is -2.52. The van der Waals surface area contributed by atoms with E-state index in [9.17, 15) is 0 Å². The highest BCUT2D eigenvalue weighted by Crippen LogP contribution is 2.57. The molecule has 2 atom stereocenters. The number of nitrogens with zero attached hydrogens (tertiary/aromatic N) is 3. The second kappa shape index (κ2) is 16.5. The highest BCUT2D eigenvalue weighted by atomic mass is 16.3. The third-order valence-electron chi connectivity index (χ3n) is 15.3. The minimum Gasteiger partial charge on any atom is -0.456 e. The molecule has 0 amide bonds. The molecule has 332 valence electrons. The molecule has 1 aromatic heterocycles. The quantitative estimate of drug-likeness (QED) is 0.150. The summed E-state index contributed by atoms with van der Waals surface area (Å²) in [4.78, 5) is 0. The van der Waals surface area contributed by atoms with Gasteiger partial charge in [-0.15, -0.1) is 5.10 Å². The third-order valence-corrected chi connectivity index (χ3v) is 15.3. The summed E-state index contributed by atoms with van der Waals surface area (Å²) in [6, 6.07) is 85.0. The molecule has 13 rings (SSSR count). The van der Waals surface area contributed by atoms with Crippen LogP contribution in [-0.2, 0) is 17.4 Å². The zero-order valence-electron chi connectivity index (χ0n) is 39.0. The predicted octanol–water partition coefficient (Wildman–Crippen LogP) is 17.5. The van der Waals surface area contributed by atoms with Gasteiger partial charge in [0.1, 0.15) is 16.7 Å². The molecule has 4 heteroatoms. The Bertz CT molecular complexity index is 3890. The molecule has 0 bridgehead atoms. The van der Waals surface area contributed by atoms with E-state index in [1.54, 1.807) is 0 Å². The van der Waals surface area contributed by atoms with E-state index in [-0.39, 0.29) is 0 Å². The number of hydrogen-bond acceptors (Lipinski definition) is 4. The Morgan fingerprint density at radius 1 is 0.386 bits per heavy atom. The van der Waals surface area contributed by atoms with Crippen LogP contribution >= 0.6 is 0 Å². The number of fused-ring (bicyclic) bond motifs is 6. The smallest absolute Gasteiger partial charge is 0.136 e. The van der Waals surface area contributed by atoms with Gasteiger partial charge in [0, 0.05) is 21.9 Å². The van der Waals surface area contributed by atoms with E-state index in [1.807, 2.05) is 6.07 Å². The van der Waals surface area contributed by atoms with Crippen molar-refractivity contribution in [2.24, 2.45) is 15.4 Å². The van der Waals surface area contributed by atoms with Gasteiger partial charge in [-0.1, -0.05) is 224 Å². The first-order valence-electron chi connectivity index (χ1n) is 24.2. The standard InChI is InChI=1S/C66H47N3O/c1-65(57-36-18-16-31-49(57)44-24-8-4-9-25-44)64(67-69-68-66(65,2)58-37-20-34-52-48-30-13-12-28-46(48)42-56(52)58)63-50(45-26-10-5-11-27-45)40-41-53(51-32-15-14-29-47(51)43-22-6-3-7-23-43)62(63)55-35-21-39-60-61(55)54-33-17-19-38-59(54)70-60/h3-41H,42H2,1-2H3. The summed E-state index contributed by atoms with van der Waals surface area (Å²) in [5, 5.41) is 18.0. The maximum atomic E-state index is 6.72. The molecule has 1 aliphatic carbocycles. The minimum atomic E-state index is -0.972. The molecule has 0 N–H and O–H groups in total. The monoisotopic (exact) mass is 897 g/mol. The molecule has 4 nitrogen and oxygen atoms in total. The molecule has 0 fully saturated rings. The van der Waals surface area contributed by atoms with Crippen molar-refractivity contribution in [1.29, 1.82) is 0 Å². The van der Waals surface area contributed by atoms with Gasteiger partial charge in [-0.05, 0) is 121 Å². The van der Waals surface area contributed by atoms with Crippen LogP contribution in [0.1, 0.15) is 41.7 Å². The van der Waals surface area contributed by atoms with Crippen LogP contribution in [0.15, 0.2) is 256 Å². The Balaban J connectivity index is 1.20. The fourth-order valence-electron chi connectivity index (χ4n) is 11.8. The molecule has 0 spiro atoms. The van der Waals surface area contributed by atoms with Crippen molar-refractivity contribution in [2.45, 2.75) is 31.2 Å². The van der Waals surface area contributed by atoms with E-state index < -0.39 is 11.0 Å². The Morgan fingerprint density at radius 3 is 1.67 bits per heavy atom. The van der Waals surface area contributed by atoms with Gasteiger partial charge in [-0.2, -0.15) is 5.11 Å². The average molecular weight is 898 g/mol. The van der Waals surface area contributed by atoms with E-state index >= 15 is 0 Å². The summed E-state index contributed by atoms with van der Waals surface area (Å²) in [6.07, 6.45) is 0.803. The third kappa shape index (κ3) is 6.33. The summed E-state index contributed by atoms with van der Waals surface area (Å²) in [6.45, 7) is 4.68. The largest absolute Gasteiger partial charge is 0.456 e. The topological polar surface area (TPSA) is 50.2 Å². The number of furan rings is 1. The maximum absolute atomic E-state index is 6.72. The van der Waals surface area contributed by atoms with E-state index in [1.165, 1.54) is 22.3 Å². The van der Waals surface area contributed by atoms with Gasteiger partial charge in [0.2, 0.25) is 0 Å². The Kier molecular flexibility index (Phi) is 9.77. The minimum absolute atomic E-state index is 0.803. The number of rotatable bonds is 8. The van der Waals surface area contributed by atoms with Gasteiger partial charge >= 0.3 is 0 Å². The van der Waals surface area contributed by atoms with Gasteiger partial charge in [0.15, 0.2) is 0 Å². The van der Waals surface area contributed by atoms with Crippen LogP contribution in [0.25, 0.3) is 88.7 Å². The summed E-state index contributed by atoms with van der Waals surface area (Å²) in [7, 11) is 0. The van der Waals surface area contributed by atoms with Crippen LogP contribution in [0, 0.1) is 0 Å². The number of benzene rings is 10. The molecule has 2 heterocycles. The van der Waals surface area contributed by atoms with Crippen molar-refractivity contribution in [3.8, 4) is 66.8 Å². The SMILES string of the molecule is CC1(c2cccc3c2Cc2ccccc2-3)N=NN=C(c2c(-c3ccccc3)ccc(-c3ccccc3-c3ccccc3)c2-c2cccc3oc4ccccc4c23)C1(C)c1ccccc1-c1ccccc1. The van der Waals surface area contributed by atoms with Crippen molar-refractivity contribution >= 4 is 27.7 Å². The summed E-state index contributed by atoms with van der Waals surface area (Å²) in [5.74, 6) is 0. The molecule has 2 unspecified atom stereocenters. The first-order chi connectivity index (χ1) is 34.5. The van der Waals surface area contributed by atoms with Crippen molar-refractivity contribution < 1.29 is 4.42 Å². The summed E-state index contributed by atoms with van der Waals surface area (Å²) in [5.41, 5.74) is 19.9. The highest BCUT2D eigenvalue weighted by Gasteiger charge is 2.56. The average Bonchev–Trinajstić information content (AvgIpc) is 4.01. The van der Waals surface area contributed by atoms with Crippen molar-refractivity contribution in [3.05, 3.63) is 264 Å². The van der Waals surface area contributed by atoms with E-state index in [4.69, 9.17) is 19.9 Å². The molecular formula is C66H47N3O. The maximum Gasteiger partial charge on any atom is 0.136 e. The number of para-hydroxylation sites is 1. The Morgan fingerprint density at radius 2 is 0.914 bits per heavy atom. The van der Waals surface area contributed by atoms with Crippen LogP contribution in [0.3, 0.4) is 0 Å². The Labute approximate surface area is 408 Å². The summed E-state index contributed by atoms with van der Waals surface area (Å²) < 4.78 is 6.72. The molecule has 0 radical (unpaired) electrons. The molecule has 0 saturated carbocycles. The van der Waals surface area contributed by atoms with E-state index in [0.29, 0.717) is 0 Å². The normalized spacial score (nSPS) is 17.1. The van der Waals surface area contributed by atoms with Gasteiger partial charge in [0.05, 0.1) is 11.1 Å². The molecule has 0 saturated heterocycles. The molecule has 11 aromatic rings. The molecule has 2 aliphatic rings. The lowest BCUT2D eigenvalue weighted by atomic mass is 9.57. The van der Waals surface area contributed by atoms with Gasteiger partial charge in [-0.25, -0.2) is 0 Å². The van der Waals surface area contributed by atoms with Crippen LogP contribution in [0.2, 0.25) is 0 Å². The van der Waals surface area contributed by atoms with Crippen LogP contribution in [0.4, 0.5) is 0 Å². The van der Waals surface area contributed by atoms with Crippen molar-refractivity contribution in [1.82, 2.24) is 0 Å². The van der Waals surface area contributed by atoms with Gasteiger partial charge in [-0.3, -0.25) is 0 Å². The summed E-state index contributed by atoms with van der Waals surface area (Å²) >= 11 is 0. The molecule has 10 aromatic carbocycles. The zero-order chi connectivity index (χ0) is 46.8. The molecular weight excluding hydrogens is 851 g/mol.